The third-order valence-corrected chi connectivity index (χ3v) is 3.56. The van der Waals surface area contributed by atoms with Crippen molar-refractivity contribution in [2.75, 3.05) is 0 Å². The van der Waals surface area contributed by atoms with Gasteiger partial charge < -0.3 is 0 Å². The van der Waals surface area contributed by atoms with Gasteiger partial charge in [-0.1, -0.05) is 13.3 Å². The zero-order valence-corrected chi connectivity index (χ0v) is 9.39. The molecule has 1 heterocycles. The summed E-state index contributed by atoms with van der Waals surface area (Å²) in [5.74, 6) is 0. The van der Waals surface area contributed by atoms with E-state index in [1.807, 2.05) is 11.3 Å². The van der Waals surface area contributed by atoms with E-state index in [0.717, 1.165) is 0 Å². The highest BCUT2D eigenvalue weighted by molar-refractivity contribution is 9.11. The maximum absolute atomic E-state index is 3.57. The lowest BCUT2D eigenvalue weighted by molar-refractivity contribution is 0.795. The van der Waals surface area contributed by atoms with Crippen molar-refractivity contribution in [1.82, 2.24) is 0 Å². The summed E-state index contributed by atoms with van der Waals surface area (Å²) in [6.45, 7) is 4.39. The van der Waals surface area contributed by atoms with Crippen LogP contribution in [0.4, 0.5) is 0 Å². The Bertz CT molecular complexity index is 227. The third kappa shape index (κ3) is 2.60. The summed E-state index contributed by atoms with van der Waals surface area (Å²) < 4.78 is 1.32. The minimum absolute atomic E-state index is 1.22. The van der Waals surface area contributed by atoms with Crippen LogP contribution in [0.1, 0.15) is 30.2 Å². The topological polar surface area (TPSA) is 0 Å². The van der Waals surface area contributed by atoms with E-state index in [2.05, 4.69) is 35.8 Å². The first-order valence-corrected chi connectivity index (χ1v) is 5.59. The predicted octanol–water partition coefficient (Wildman–Crippen LogP) is 4.16. The molecule has 2 heteroatoms. The van der Waals surface area contributed by atoms with Crippen LogP contribution >= 0.6 is 27.3 Å². The standard InChI is InChI=1S/C9H13BrS/c1-3-4-5-8-6-7(2)11-9(8)10/h6H,3-5H2,1-2H3. The van der Waals surface area contributed by atoms with Crippen molar-refractivity contribution in [2.45, 2.75) is 33.1 Å². The number of hydrogen-bond donors (Lipinski definition) is 0. The van der Waals surface area contributed by atoms with Crippen molar-refractivity contribution >= 4 is 27.3 Å². The van der Waals surface area contributed by atoms with Crippen LogP contribution in [0.2, 0.25) is 0 Å². The Hall–Kier alpha value is 0.180. The van der Waals surface area contributed by atoms with E-state index >= 15 is 0 Å². The van der Waals surface area contributed by atoms with Gasteiger partial charge in [0.2, 0.25) is 0 Å². The van der Waals surface area contributed by atoms with Gasteiger partial charge in [-0.05, 0) is 47.3 Å². The zero-order chi connectivity index (χ0) is 8.27. The largest absolute Gasteiger partial charge is 0.133 e. The highest BCUT2D eigenvalue weighted by atomic mass is 79.9. The fourth-order valence-electron chi connectivity index (χ4n) is 1.08. The van der Waals surface area contributed by atoms with Crippen molar-refractivity contribution < 1.29 is 0 Å². The van der Waals surface area contributed by atoms with Gasteiger partial charge in [0.05, 0.1) is 3.79 Å². The van der Waals surface area contributed by atoms with Crippen LogP contribution in [0.25, 0.3) is 0 Å². The first-order chi connectivity index (χ1) is 5.24. The van der Waals surface area contributed by atoms with Gasteiger partial charge in [0.15, 0.2) is 0 Å². The van der Waals surface area contributed by atoms with Gasteiger partial charge in [-0.3, -0.25) is 0 Å². The fraction of sp³-hybridized carbons (Fsp3) is 0.556. The summed E-state index contributed by atoms with van der Waals surface area (Å²) in [5.41, 5.74) is 1.48. The Morgan fingerprint density at radius 2 is 2.27 bits per heavy atom. The van der Waals surface area contributed by atoms with Crippen LogP contribution in [0.5, 0.6) is 0 Å². The Morgan fingerprint density at radius 1 is 1.55 bits per heavy atom. The summed E-state index contributed by atoms with van der Waals surface area (Å²) >= 11 is 5.40. The zero-order valence-electron chi connectivity index (χ0n) is 6.98. The summed E-state index contributed by atoms with van der Waals surface area (Å²) in [4.78, 5) is 1.41. The van der Waals surface area contributed by atoms with E-state index < -0.39 is 0 Å². The lowest BCUT2D eigenvalue weighted by atomic mass is 10.1. The number of unbranched alkanes of at least 4 members (excludes halogenated alkanes) is 1. The average Bonchev–Trinajstić information content (AvgIpc) is 2.26. The summed E-state index contributed by atoms with van der Waals surface area (Å²) in [6, 6.07) is 2.28. The van der Waals surface area contributed by atoms with E-state index in [4.69, 9.17) is 0 Å². The smallest absolute Gasteiger partial charge is 0.0733 e. The second kappa shape index (κ2) is 4.27. The van der Waals surface area contributed by atoms with Crippen molar-refractivity contribution in [3.8, 4) is 0 Å². The van der Waals surface area contributed by atoms with E-state index in [1.165, 1.54) is 33.5 Å². The molecule has 11 heavy (non-hydrogen) atoms. The SMILES string of the molecule is CCCCc1cc(C)sc1Br. The van der Waals surface area contributed by atoms with Gasteiger partial charge in [0.25, 0.3) is 0 Å². The monoisotopic (exact) mass is 232 g/mol. The molecule has 0 fully saturated rings. The lowest BCUT2D eigenvalue weighted by Gasteiger charge is -1.94. The molecule has 1 rings (SSSR count). The van der Waals surface area contributed by atoms with E-state index in [9.17, 15) is 0 Å². The molecule has 0 radical (unpaired) electrons. The Morgan fingerprint density at radius 3 is 2.73 bits per heavy atom. The first kappa shape index (κ1) is 9.27. The molecule has 0 bridgehead atoms. The predicted molar refractivity (Wildman–Crippen MR) is 55.4 cm³/mol. The second-order valence-electron chi connectivity index (χ2n) is 2.76. The molecule has 0 N–H and O–H groups in total. The maximum Gasteiger partial charge on any atom is 0.0733 e. The quantitative estimate of drug-likeness (QED) is 0.735. The summed E-state index contributed by atoms with van der Waals surface area (Å²) in [7, 11) is 0. The van der Waals surface area contributed by atoms with Crippen LogP contribution in [0, 0.1) is 6.92 Å². The van der Waals surface area contributed by atoms with Crippen LogP contribution in [-0.4, -0.2) is 0 Å². The summed E-state index contributed by atoms with van der Waals surface area (Å²) in [5, 5.41) is 0. The Labute approximate surface area is 80.8 Å². The molecule has 0 unspecified atom stereocenters. The molecular weight excluding hydrogens is 220 g/mol. The Kier molecular flexibility index (Phi) is 3.60. The number of thiophene rings is 1. The van der Waals surface area contributed by atoms with Gasteiger partial charge in [-0.25, -0.2) is 0 Å². The molecule has 0 aromatic carbocycles. The molecule has 0 spiro atoms. The second-order valence-corrected chi connectivity index (χ2v) is 5.33. The fourth-order valence-corrected chi connectivity index (χ4v) is 2.93. The summed E-state index contributed by atoms with van der Waals surface area (Å²) in [6.07, 6.45) is 3.80. The first-order valence-electron chi connectivity index (χ1n) is 3.99. The molecule has 0 saturated heterocycles. The molecule has 62 valence electrons. The molecule has 0 aliphatic heterocycles. The van der Waals surface area contributed by atoms with Gasteiger partial charge in [-0.2, -0.15) is 0 Å². The lowest BCUT2D eigenvalue weighted by Crippen LogP contribution is -1.80. The average molecular weight is 233 g/mol. The molecule has 0 amide bonds. The molecule has 0 aliphatic rings. The van der Waals surface area contributed by atoms with Crippen molar-refractivity contribution in [1.29, 1.82) is 0 Å². The van der Waals surface area contributed by atoms with Crippen LogP contribution in [0.15, 0.2) is 9.85 Å². The van der Waals surface area contributed by atoms with Gasteiger partial charge in [-0.15, -0.1) is 11.3 Å². The molecule has 0 saturated carbocycles. The minimum Gasteiger partial charge on any atom is -0.133 e. The third-order valence-electron chi connectivity index (χ3n) is 1.68. The van der Waals surface area contributed by atoms with Crippen LogP contribution < -0.4 is 0 Å². The van der Waals surface area contributed by atoms with E-state index in [1.54, 1.807) is 0 Å². The number of hydrogen-bond acceptors (Lipinski definition) is 1. The Balaban J connectivity index is 2.62. The van der Waals surface area contributed by atoms with E-state index in [0.29, 0.717) is 0 Å². The molecular formula is C9H13BrS. The van der Waals surface area contributed by atoms with Crippen LogP contribution in [-0.2, 0) is 6.42 Å². The van der Waals surface area contributed by atoms with Crippen LogP contribution in [0.3, 0.4) is 0 Å². The molecule has 0 aliphatic carbocycles. The van der Waals surface area contributed by atoms with Gasteiger partial charge >= 0.3 is 0 Å². The highest BCUT2D eigenvalue weighted by Crippen LogP contribution is 2.28. The molecule has 0 atom stereocenters. The van der Waals surface area contributed by atoms with Crippen molar-refractivity contribution in [3.63, 3.8) is 0 Å². The van der Waals surface area contributed by atoms with Gasteiger partial charge in [0.1, 0.15) is 0 Å². The van der Waals surface area contributed by atoms with E-state index in [-0.39, 0.29) is 0 Å². The van der Waals surface area contributed by atoms with Crippen molar-refractivity contribution in [2.24, 2.45) is 0 Å². The number of rotatable bonds is 3. The maximum atomic E-state index is 3.57. The van der Waals surface area contributed by atoms with Gasteiger partial charge in [0, 0.05) is 4.88 Å². The number of halogens is 1. The normalized spacial score (nSPS) is 10.5. The molecule has 1 aromatic rings. The highest BCUT2D eigenvalue weighted by Gasteiger charge is 2.02. The number of aryl methyl sites for hydroxylation is 2. The molecule has 0 nitrogen and oxygen atoms in total. The minimum atomic E-state index is 1.22. The van der Waals surface area contributed by atoms with Crippen molar-refractivity contribution in [3.05, 3.63) is 20.3 Å². The molecule has 1 aromatic heterocycles.